The van der Waals surface area contributed by atoms with Gasteiger partial charge in [0.2, 0.25) is 5.91 Å². The third-order valence-corrected chi connectivity index (χ3v) is 2.29. The Hall–Kier alpha value is -2.04. The van der Waals surface area contributed by atoms with Crippen molar-refractivity contribution in [3.8, 4) is 5.75 Å². The zero-order chi connectivity index (χ0) is 14.3. The largest absolute Gasteiger partial charge is 0.491 e. The molecule has 1 aromatic rings. The van der Waals surface area contributed by atoms with Crippen molar-refractivity contribution >= 4 is 17.6 Å². The molecule has 1 amide bonds. The van der Waals surface area contributed by atoms with Crippen LogP contribution in [-0.4, -0.2) is 25.1 Å². The normalized spacial score (nSPS) is 10.1. The van der Waals surface area contributed by atoms with Gasteiger partial charge in [-0.2, -0.15) is 0 Å². The lowest BCUT2D eigenvalue weighted by Gasteiger charge is -2.10. The second kappa shape index (κ2) is 7.41. The summed E-state index contributed by atoms with van der Waals surface area (Å²) in [5, 5.41) is 2.70. The van der Waals surface area contributed by atoms with Gasteiger partial charge in [-0.25, -0.2) is 0 Å². The van der Waals surface area contributed by atoms with Gasteiger partial charge in [0.15, 0.2) is 0 Å². The molecule has 104 valence electrons. The highest BCUT2D eigenvalue weighted by Crippen LogP contribution is 2.17. The molecular weight excluding hydrogens is 246 g/mol. The van der Waals surface area contributed by atoms with Gasteiger partial charge in [0, 0.05) is 12.1 Å². The minimum Gasteiger partial charge on any atom is -0.491 e. The average molecular weight is 265 g/mol. The zero-order valence-electron chi connectivity index (χ0n) is 11.4. The van der Waals surface area contributed by atoms with Crippen LogP contribution in [0.15, 0.2) is 24.3 Å². The van der Waals surface area contributed by atoms with E-state index in [1.54, 1.807) is 24.3 Å². The Bertz CT molecular complexity index is 426. The van der Waals surface area contributed by atoms with Gasteiger partial charge in [-0.1, -0.05) is 0 Å². The Kier molecular flexibility index (Phi) is 5.85. The Balaban J connectivity index is 2.44. The number of hydrogen-bond acceptors (Lipinski definition) is 4. The number of nitrogens with one attached hydrogen (secondary N) is 1. The van der Waals surface area contributed by atoms with Gasteiger partial charge < -0.3 is 14.8 Å². The van der Waals surface area contributed by atoms with Crippen molar-refractivity contribution in [2.45, 2.75) is 32.8 Å². The molecular formula is C14H19NO4. The highest BCUT2D eigenvalue weighted by molar-refractivity contribution is 5.92. The van der Waals surface area contributed by atoms with E-state index in [9.17, 15) is 9.59 Å². The number of amides is 1. The number of carbonyl (C=O) groups excluding carboxylic acids is 2. The van der Waals surface area contributed by atoms with E-state index in [1.807, 2.05) is 13.8 Å². The van der Waals surface area contributed by atoms with E-state index >= 15 is 0 Å². The van der Waals surface area contributed by atoms with E-state index in [0.717, 1.165) is 5.75 Å². The summed E-state index contributed by atoms with van der Waals surface area (Å²) in [5.74, 6) is 0.140. The molecule has 5 nitrogen and oxygen atoms in total. The number of hydrogen-bond donors (Lipinski definition) is 1. The van der Waals surface area contributed by atoms with Crippen LogP contribution in [-0.2, 0) is 14.3 Å². The van der Waals surface area contributed by atoms with Crippen molar-refractivity contribution < 1.29 is 19.1 Å². The molecule has 0 bridgehead atoms. The standard InChI is InChI=1S/C14H19NO4/c1-10(2)19-12-6-4-11(5-7-12)15-13(16)8-9-14(17)18-3/h4-7,10H,8-9H2,1-3H3,(H,15,16). The van der Waals surface area contributed by atoms with E-state index in [1.165, 1.54) is 7.11 Å². The van der Waals surface area contributed by atoms with E-state index in [2.05, 4.69) is 10.1 Å². The summed E-state index contributed by atoms with van der Waals surface area (Å²) in [4.78, 5) is 22.4. The summed E-state index contributed by atoms with van der Waals surface area (Å²) < 4.78 is 9.96. The molecule has 0 aromatic heterocycles. The first kappa shape index (κ1) is 15.0. The minimum absolute atomic E-state index is 0.0802. The molecule has 5 heteroatoms. The number of methoxy groups -OCH3 is 1. The number of rotatable bonds is 6. The van der Waals surface area contributed by atoms with Crippen molar-refractivity contribution in [2.75, 3.05) is 12.4 Å². The fourth-order valence-corrected chi connectivity index (χ4v) is 1.43. The third kappa shape index (κ3) is 5.90. The Morgan fingerprint density at radius 3 is 2.32 bits per heavy atom. The SMILES string of the molecule is COC(=O)CCC(=O)Nc1ccc(OC(C)C)cc1. The predicted octanol–water partition coefficient (Wildman–Crippen LogP) is 2.37. The molecule has 19 heavy (non-hydrogen) atoms. The summed E-state index contributed by atoms with van der Waals surface area (Å²) in [6, 6.07) is 7.09. The number of ether oxygens (including phenoxy) is 2. The fourth-order valence-electron chi connectivity index (χ4n) is 1.43. The number of anilines is 1. The number of benzene rings is 1. The third-order valence-electron chi connectivity index (χ3n) is 2.29. The van der Waals surface area contributed by atoms with Crippen molar-refractivity contribution in [1.29, 1.82) is 0 Å². The first-order valence-corrected chi connectivity index (χ1v) is 6.14. The van der Waals surface area contributed by atoms with Crippen LogP contribution >= 0.6 is 0 Å². The van der Waals surface area contributed by atoms with Crippen LogP contribution in [0.2, 0.25) is 0 Å². The van der Waals surface area contributed by atoms with Crippen molar-refractivity contribution in [3.05, 3.63) is 24.3 Å². The molecule has 0 saturated carbocycles. The smallest absolute Gasteiger partial charge is 0.306 e. The second-order valence-corrected chi connectivity index (χ2v) is 4.32. The summed E-state index contributed by atoms with van der Waals surface area (Å²) >= 11 is 0. The summed E-state index contributed by atoms with van der Waals surface area (Å²) in [7, 11) is 1.30. The molecule has 1 N–H and O–H groups in total. The van der Waals surface area contributed by atoms with E-state index in [4.69, 9.17) is 4.74 Å². The molecule has 0 saturated heterocycles. The quantitative estimate of drug-likeness (QED) is 0.802. The Labute approximate surface area is 112 Å². The highest BCUT2D eigenvalue weighted by Gasteiger charge is 2.07. The maximum absolute atomic E-state index is 11.5. The maximum atomic E-state index is 11.5. The summed E-state index contributed by atoms with van der Waals surface area (Å²) in [6.07, 6.45) is 0.300. The van der Waals surface area contributed by atoms with Gasteiger partial charge >= 0.3 is 5.97 Å². The second-order valence-electron chi connectivity index (χ2n) is 4.32. The molecule has 0 spiro atoms. The Morgan fingerprint density at radius 2 is 1.79 bits per heavy atom. The molecule has 0 heterocycles. The topological polar surface area (TPSA) is 64.6 Å². The maximum Gasteiger partial charge on any atom is 0.306 e. The van der Waals surface area contributed by atoms with E-state index < -0.39 is 5.97 Å². The first-order chi connectivity index (χ1) is 9.01. The molecule has 0 unspecified atom stereocenters. The van der Waals surface area contributed by atoms with Crippen LogP contribution in [0.25, 0.3) is 0 Å². The van der Waals surface area contributed by atoms with Crippen molar-refractivity contribution in [3.63, 3.8) is 0 Å². The zero-order valence-corrected chi connectivity index (χ0v) is 11.4. The van der Waals surface area contributed by atoms with Gasteiger partial charge in [0.25, 0.3) is 0 Å². The van der Waals surface area contributed by atoms with E-state index in [0.29, 0.717) is 5.69 Å². The van der Waals surface area contributed by atoms with Crippen LogP contribution in [0.5, 0.6) is 5.75 Å². The van der Waals surface area contributed by atoms with Gasteiger partial charge in [-0.15, -0.1) is 0 Å². The van der Waals surface area contributed by atoms with Gasteiger partial charge in [0.05, 0.1) is 19.6 Å². The minimum atomic E-state index is -0.393. The van der Waals surface area contributed by atoms with Crippen molar-refractivity contribution in [2.24, 2.45) is 0 Å². The lowest BCUT2D eigenvalue weighted by atomic mass is 10.2. The molecule has 0 fully saturated rings. The monoisotopic (exact) mass is 265 g/mol. The molecule has 0 aliphatic carbocycles. The number of esters is 1. The molecule has 1 rings (SSSR count). The molecule has 0 aliphatic rings. The Morgan fingerprint density at radius 1 is 1.16 bits per heavy atom. The van der Waals surface area contributed by atoms with Gasteiger partial charge in [0.1, 0.15) is 5.75 Å². The van der Waals surface area contributed by atoms with Crippen molar-refractivity contribution in [1.82, 2.24) is 0 Å². The predicted molar refractivity (Wildman–Crippen MR) is 72.1 cm³/mol. The van der Waals surface area contributed by atoms with Crippen LogP contribution in [0.4, 0.5) is 5.69 Å². The van der Waals surface area contributed by atoms with Crippen LogP contribution in [0.3, 0.4) is 0 Å². The molecule has 0 atom stereocenters. The van der Waals surface area contributed by atoms with Gasteiger partial charge in [-0.3, -0.25) is 9.59 Å². The molecule has 1 aromatic carbocycles. The van der Waals surface area contributed by atoms with Crippen LogP contribution < -0.4 is 10.1 Å². The number of carbonyl (C=O) groups is 2. The fraction of sp³-hybridized carbons (Fsp3) is 0.429. The lowest BCUT2D eigenvalue weighted by Crippen LogP contribution is -2.14. The van der Waals surface area contributed by atoms with Gasteiger partial charge in [-0.05, 0) is 38.1 Å². The summed E-state index contributed by atoms with van der Waals surface area (Å²) in [6.45, 7) is 3.89. The highest BCUT2D eigenvalue weighted by atomic mass is 16.5. The lowest BCUT2D eigenvalue weighted by molar-refractivity contribution is -0.141. The van der Waals surface area contributed by atoms with Crippen LogP contribution in [0, 0.1) is 0 Å². The first-order valence-electron chi connectivity index (χ1n) is 6.14. The van der Waals surface area contributed by atoms with Crippen LogP contribution in [0.1, 0.15) is 26.7 Å². The summed E-state index contributed by atoms with van der Waals surface area (Å²) in [5.41, 5.74) is 0.672. The molecule has 0 radical (unpaired) electrons. The average Bonchev–Trinajstić information content (AvgIpc) is 2.37. The molecule has 0 aliphatic heterocycles. The van der Waals surface area contributed by atoms with E-state index in [-0.39, 0.29) is 24.9 Å².